The summed E-state index contributed by atoms with van der Waals surface area (Å²) >= 11 is 4.90. The second-order valence-electron chi connectivity index (χ2n) is 4.93. The highest BCUT2D eigenvalue weighted by Gasteiger charge is 2.17. The maximum absolute atomic E-state index is 12.3. The minimum Gasteiger partial charge on any atom is -0.389 e. The lowest BCUT2D eigenvalue weighted by Crippen LogP contribution is -2.24. The third kappa shape index (κ3) is 3.28. The van der Waals surface area contributed by atoms with E-state index in [-0.39, 0.29) is 11.9 Å². The molecule has 2 aromatic rings. The fraction of sp³-hybridized carbons (Fsp3) is 0.267. The van der Waals surface area contributed by atoms with Crippen molar-refractivity contribution in [2.75, 3.05) is 5.32 Å². The second-order valence-corrected chi connectivity index (χ2v) is 5.37. The Morgan fingerprint density at radius 3 is 2.43 bits per heavy atom. The molecular weight excluding hydrogens is 284 g/mol. The molecule has 1 heterocycles. The van der Waals surface area contributed by atoms with Crippen molar-refractivity contribution in [1.29, 1.82) is 0 Å². The van der Waals surface area contributed by atoms with Crippen molar-refractivity contribution < 1.29 is 4.79 Å². The molecule has 0 aliphatic heterocycles. The Hall–Kier alpha value is -2.21. The second kappa shape index (κ2) is 6.05. The number of aromatic nitrogens is 2. The molecule has 6 heteroatoms. The zero-order chi connectivity index (χ0) is 15.6. The summed E-state index contributed by atoms with van der Waals surface area (Å²) in [6.07, 6.45) is 1.69. The first kappa shape index (κ1) is 15.2. The Balaban J connectivity index is 2.10. The van der Waals surface area contributed by atoms with Crippen LogP contribution >= 0.6 is 12.2 Å². The number of thiocarbonyl (C=S) groups is 1. The molecule has 0 aliphatic rings. The number of nitrogens with one attached hydrogen (secondary N) is 1. The van der Waals surface area contributed by atoms with E-state index >= 15 is 0 Å². The molecule has 1 unspecified atom stereocenters. The number of imidazole rings is 1. The highest BCUT2D eigenvalue weighted by atomic mass is 32.1. The van der Waals surface area contributed by atoms with Gasteiger partial charge in [-0.1, -0.05) is 12.2 Å². The number of benzene rings is 1. The van der Waals surface area contributed by atoms with Gasteiger partial charge in [0, 0.05) is 16.9 Å². The average molecular weight is 302 g/mol. The largest absolute Gasteiger partial charge is 0.389 e. The summed E-state index contributed by atoms with van der Waals surface area (Å²) in [7, 11) is 0. The highest BCUT2D eigenvalue weighted by Crippen LogP contribution is 2.16. The summed E-state index contributed by atoms with van der Waals surface area (Å²) in [5.74, 6) is -0.0985. The average Bonchev–Trinajstić information content (AvgIpc) is 2.78. The van der Waals surface area contributed by atoms with Gasteiger partial charge in [-0.3, -0.25) is 4.79 Å². The maximum Gasteiger partial charge on any atom is 0.247 e. The topological polar surface area (TPSA) is 72.9 Å². The van der Waals surface area contributed by atoms with E-state index in [2.05, 4.69) is 10.3 Å². The number of nitrogens with zero attached hydrogens (tertiary/aromatic N) is 2. The number of nitrogens with two attached hydrogens (primary N) is 1. The Morgan fingerprint density at radius 1 is 1.33 bits per heavy atom. The summed E-state index contributed by atoms with van der Waals surface area (Å²) in [5, 5.41) is 2.87. The van der Waals surface area contributed by atoms with Gasteiger partial charge in [0.1, 0.15) is 11.0 Å². The molecule has 21 heavy (non-hydrogen) atoms. The number of anilines is 1. The molecule has 2 rings (SSSR count). The number of amides is 1. The van der Waals surface area contributed by atoms with Crippen molar-refractivity contribution in [2.45, 2.75) is 26.8 Å². The fourth-order valence-corrected chi connectivity index (χ4v) is 2.13. The quantitative estimate of drug-likeness (QED) is 0.850. The van der Waals surface area contributed by atoms with Crippen LogP contribution in [0.1, 0.15) is 29.9 Å². The number of aryl methyl sites for hydroxylation is 1. The van der Waals surface area contributed by atoms with Gasteiger partial charge in [0.05, 0.1) is 12.0 Å². The van der Waals surface area contributed by atoms with E-state index in [0.29, 0.717) is 10.7 Å². The Labute approximate surface area is 129 Å². The van der Waals surface area contributed by atoms with Crippen molar-refractivity contribution in [3.63, 3.8) is 0 Å². The van der Waals surface area contributed by atoms with Crippen molar-refractivity contribution >= 4 is 28.8 Å². The number of hydrogen-bond acceptors (Lipinski definition) is 3. The molecule has 0 fully saturated rings. The standard InChI is InChI=1S/C15H18N4OS/c1-9-10(2)19(8-17-9)11(3)15(20)18-13-6-4-12(5-7-13)14(16)21/h4-8,11H,1-3H3,(H2,16,21)(H,18,20). The fourth-order valence-electron chi connectivity index (χ4n) is 2.00. The lowest BCUT2D eigenvalue weighted by atomic mass is 10.2. The van der Waals surface area contributed by atoms with E-state index in [0.717, 1.165) is 17.0 Å². The lowest BCUT2D eigenvalue weighted by molar-refractivity contribution is -0.118. The summed E-state index contributed by atoms with van der Waals surface area (Å²) < 4.78 is 1.86. The minimum absolute atomic E-state index is 0.0985. The first-order valence-electron chi connectivity index (χ1n) is 6.61. The van der Waals surface area contributed by atoms with Gasteiger partial charge in [-0.2, -0.15) is 0 Å². The minimum atomic E-state index is -0.332. The Bertz CT molecular complexity index is 675. The molecule has 0 saturated carbocycles. The van der Waals surface area contributed by atoms with Gasteiger partial charge >= 0.3 is 0 Å². The number of rotatable bonds is 4. The zero-order valence-electron chi connectivity index (χ0n) is 12.3. The molecule has 1 atom stereocenters. The van der Waals surface area contributed by atoms with Crippen molar-refractivity contribution in [1.82, 2.24) is 9.55 Å². The van der Waals surface area contributed by atoms with Crippen molar-refractivity contribution in [3.05, 3.63) is 47.5 Å². The van der Waals surface area contributed by atoms with Crippen molar-refractivity contribution in [3.8, 4) is 0 Å². The van der Waals surface area contributed by atoms with Crippen LogP contribution in [0.3, 0.4) is 0 Å². The summed E-state index contributed by atoms with van der Waals surface area (Å²) in [6.45, 7) is 5.71. The van der Waals surface area contributed by atoms with Crippen LogP contribution in [0.5, 0.6) is 0 Å². The van der Waals surface area contributed by atoms with Crippen LogP contribution in [0.2, 0.25) is 0 Å². The first-order valence-corrected chi connectivity index (χ1v) is 7.01. The van der Waals surface area contributed by atoms with Crippen LogP contribution in [-0.2, 0) is 4.79 Å². The van der Waals surface area contributed by atoms with Crippen LogP contribution in [-0.4, -0.2) is 20.4 Å². The van der Waals surface area contributed by atoms with Crippen LogP contribution in [0.15, 0.2) is 30.6 Å². The van der Waals surface area contributed by atoms with Crippen LogP contribution in [0.4, 0.5) is 5.69 Å². The predicted molar refractivity (Wildman–Crippen MR) is 87.4 cm³/mol. The normalized spacial score (nSPS) is 12.0. The number of hydrogen-bond donors (Lipinski definition) is 2. The van der Waals surface area contributed by atoms with E-state index in [1.54, 1.807) is 30.6 Å². The molecule has 1 amide bonds. The molecular formula is C15H18N4OS. The number of carbonyl (C=O) groups is 1. The molecule has 0 saturated heterocycles. The molecule has 0 bridgehead atoms. The zero-order valence-corrected chi connectivity index (χ0v) is 13.1. The molecule has 0 aliphatic carbocycles. The Kier molecular flexibility index (Phi) is 4.37. The monoisotopic (exact) mass is 302 g/mol. The number of carbonyl (C=O) groups excluding carboxylic acids is 1. The van der Waals surface area contributed by atoms with E-state index in [4.69, 9.17) is 18.0 Å². The SMILES string of the molecule is Cc1ncn(C(C)C(=O)Nc2ccc(C(N)=S)cc2)c1C. The van der Waals surface area contributed by atoms with Gasteiger partial charge in [-0.15, -0.1) is 0 Å². The maximum atomic E-state index is 12.3. The molecule has 1 aromatic carbocycles. The van der Waals surface area contributed by atoms with E-state index < -0.39 is 0 Å². The van der Waals surface area contributed by atoms with Gasteiger partial charge in [0.25, 0.3) is 0 Å². The highest BCUT2D eigenvalue weighted by molar-refractivity contribution is 7.80. The molecule has 5 nitrogen and oxygen atoms in total. The summed E-state index contributed by atoms with van der Waals surface area (Å²) in [6, 6.07) is 6.81. The third-order valence-corrected chi connectivity index (χ3v) is 3.76. The van der Waals surface area contributed by atoms with E-state index in [9.17, 15) is 4.79 Å². The smallest absolute Gasteiger partial charge is 0.247 e. The Morgan fingerprint density at radius 2 is 1.95 bits per heavy atom. The van der Waals surface area contributed by atoms with Crippen LogP contribution < -0.4 is 11.1 Å². The van der Waals surface area contributed by atoms with Crippen LogP contribution in [0, 0.1) is 13.8 Å². The molecule has 1 aromatic heterocycles. The molecule has 0 radical (unpaired) electrons. The van der Waals surface area contributed by atoms with Crippen LogP contribution in [0.25, 0.3) is 0 Å². The van der Waals surface area contributed by atoms with Gasteiger partial charge in [0.15, 0.2) is 0 Å². The van der Waals surface area contributed by atoms with Gasteiger partial charge in [0.2, 0.25) is 5.91 Å². The molecule has 3 N–H and O–H groups in total. The van der Waals surface area contributed by atoms with E-state index in [1.165, 1.54) is 0 Å². The molecule has 110 valence electrons. The van der Waals surface area contributed by atoms with E-state index in [1.807, 2.05) is 25.3 Å². The summed E-state index contributed by atoms with van der Waals surface area (Å²) in [5.41, 5.74) is 8.94. The lowest BCUT2D eigenvalue weighted by Gasteiger charge is -2.15. The third-order valence-electron chi connectivity index (χ3n) is 3.52. The van der Waals surface area contributed by atoms with Crippen molar-refractivity contribution in [2.24, 2.45) is 5.73 Å². The molecule has 0 spiro atoms. The first-order chi connectivity index (χ1) is 9.90. The van der Waals surface area contributed by atoms with Gasteiger partial charge in [-0.25, -0.2) is 4.98 Å². The van der Waals surface area contributed by atoms with Gasteiger partial charge < -0.3 is 15.6 Å². The van der Waals surface area contributed by atoms with Gasteiger partial charge in [-0.05, 0) is 45.0 Å². The summed E-state index contributed by atoms with van der Waals surface area (Å²) in [4.78, 5) is 16.8. The predicted octanol–water partition coefficient (Wildman–Crippen LogP) is 2.33.